The summed E-state index contributed by atoms with van der Waals surface area (Å²) in [4.78, 5) is 1.51. The molecule has 0 unspecified atom stereocenters. The average molecular weight is 143 g/mol. The molecule has 1 aliphatic heterocycles. The van der Waals surface area contributed by atoms with Crippen molar-refractivity contribution in [1.82, 2.24) is 0 Å². The molecule has 0 aliphatic carbocycles. The molecule has 1 aliphatic rings. The summed E-state index contributed by atoms with van der Waals surface area (Å²) in [6.45, 7) is 3.01. The van der Waals surface area contributed by atoms with Crippen molar-refractivity contribution in [2.75, 3.05) is 12.3 Å². The second-order valence-corrected chi connectivity index (χ2v) is 3.61. The highest BCUT2D eigenvalue weighted by atomic mass is 32.2. The Morgan fingerprint density at radius 3 is 2.89 bits per heavy atom. The van der Waals surface area contributed by atoms with Gasteiger partial charge in [-0.15, -0.1) is 11.8 Å². The summed E-state index contributed by atoms with van der Waals surface area (Å²) >= 11 is 1.97. The van der Waals surface area contributed by atoms with Gasteiger partial charge in [0.05, 0.1) is 0 Å². The number of nitrogens with two attached hydrogens (primary N) is 1. The molecule has 2 heteroatoms. The van der Waals surface area contributed by atoms with Gasteiger partial charge in [-0.05, 0) is 31.2 Å². The number of hydrogen-bond donors (Lipinski definition) is 1. The molecule has 0 radical (unpaired) electrons. The van der Waals surface area contributed by atoms with Gasteiger partial charge < -0.3 is 5.73 Å². The summed E-state index contributed by atoms with van der Waals surface area (Å²) < 4.78 is 0. The van der Waals surface area contributed by atoms with Crippen molar-refractivity contribution >= 4 is 11.8 Å². The van der Waals surface area contributed by atoms with E-state index in [1.165, 1.54) is 17.1 Å². The van der Waals surface area contributed by atoms with Crippen LogP contribution in [0, 0.1) is 0 Å². The van der Waals surface area contributed by atoms with E-state index in [1.54, 1.807) is 5.57 Å². The molecule has 0 aromatic heterocycles. The minimum Gasteiger partial charge on any atom is -0.330 e. The molecule has 52 valence electrons. The minimum atomic E-state index is 0.813. The first-order valence-corrected chi connectivity index (χ1v) is 4.34. The van der Waals surface area contributed by atoms with Crippen LogP contribution in [0.4, 0.5) is 0 Å². The molecule has 0 aromatic rings. The van der Waals surface area contributed by atoms with Gasteiger partial charge >= 0.3 is 0 Å². The Labute approximate surface area is 60.7 Å². The highest BCUT2D eigenvalue weighted by Gasteiger charge is 2.09. The molecule has 1 rings (SSSR count). The molecular weight excluding hydrogens is 130 g/mol. The van der Waals surface area contributed by atoms with Crippen molar-refractivity contribution in [3.63, 3.8) is 0 Å². The van der Waals surface area contributed by atoms with Gasteiger partial charge in [0.15, 0.2) is 0 Å². The number of hydrogen-bond acceptors (Lipinski definition) is 2. The van der Waals surface area contributed by atoms with E-state index in [9.17, 15) is 0 Å². The zero-order valence-corrected chi connectivity index (χ0v) is 6.63. The van der Waals surface area contributed by atoms with Gasteiger partial charge in [0.1, 0.15) is 0 Å². The van der Waals surface area contributed by atoms with Gasteiger partial charge in [0.25, 0.3) is 0 Å². The fourth-order valence-corrected chi connectivity index (χ4v) is 2.14. The molecule has 9 heavy (non-hydrogen) atoms. The first-order valence-electron chi connectivity index (χ1n) is 3.36. The van der Waals surface area contributed by atoms with E-state index in [0.717, 1.165) is 13.0 Å². The Kier molecular flexibility index (Phi) is 2.61. The molecule has 0 atom stereocenters. The largest absolute Gasteiger partial charge is 0.330 e. The van der Waals surface area contributed by atoms with E-state index in [4.69, 9.17) is 5.73 Å². The van der Waals surface area contributed by atoms with E-state index in [1.807, 2.05) is 11.8 Å². The second-order valence-electron chi connectivity index (χ2n) is 2.30. The van der Waals surface area contributed by atoms with Crippen LogP contribution in [0.1, 0.15) is 19.8 Å². The first kappa shape index (κ1) is 7.16. The highest BCUT2D eigenvalue weighted by molar-refractivity contribution is 8.03. The van der Waals surface area contributed by atoms with Gasteiger partial charge in [0.2, 0.25) is 0 Å². The maximum absolute atomic E-state index is 5.43. The van der Waals surface area contributed by atoms with Crippen molar-refractivity contribution in [3.05, 3.63) is 10.5 Å². The molecule has 0 fully saturated rings. The van der Waals surface area contributed by atoms with Crippen molar-refractivity contribution in [3.8, 4) is 0 Å². The van der Waals surface area contributed by atoms with Crippen LogP contribution >= 0.6 is 11.8 Å². The van der Waals surface area contributed by atoms with Crippen molar-refractivity contribution in [2.24, 2.45) is 5.73 Å². The van der Waals surface area contributed by atoms with Crippen LogP contribution in [-0.2, 0) is 0 Å². The quantitative estimate of drug-likeness (QED) is 0.637. The van der Waals surface area contributed by atoms with Gasteiger partial charge in [-0.3, -0.25) is 0 Å². The normalized spacial score (nSPS) is 19.3. The van der Waals surface area contributed by atoms with E-state index in [-0.39, 0.29) is 0 Å². The van der Waals surface area contributed by atoms with Crippen LogP contribution < -0.4 is 5.73 Å². The molecule has 0 aromatic carbocycles. The molecule has 1 nitrogen and oxygen atoms in total. The van der Waals surface area contributed by atoms with E-state index >= 15 is 0 Å². The Morgan fingerprint density at radius 2 is 2.44 bits per heavy atom. The Balaban J connectivity index is 2.45. The summed E-state index contributed by atoms with van der Waals surface area (Å²) in [5.74, 6) is 1.28. The maximum Gasteiger partial charge on any atom is 0.00143 e. The topological polar surface area (TPSA) is 26.0 Å². The second kappa shape index (κ2) is 3.28. The van der Waals surface area contributed by atoms with Crippen LogP contribution in [0.3, 0.4) is 0 Å². The molecule has 0 bridgehead atoms. The Hall–Kier alpha value is 0.0500. The van der Waals surface area contributed by atoms with Crippen LogP contribution in [0.2, 0.25) is 0 Å². The zero-order chi connectivity index (χ0) is 6.69. The zero-order valence-electron chi connectivity index (χ0n) is 5.81. The SMILES string of the molecule is CC1=C(CCN)CCS1. The number of allylic oxidation sites excluding steroid dienone is 1. The molecule has 2 N–H and O–H groups in total. The lowest BCUT2D eigenvalue weighted by Gasteiger charge is -1.97. The van der Waals surface area contributed by atoms with Crippen LogP contribution in [0.25, 0.3) is 0 Å². The maximum atomic E-state index is 5.43. The predicted octanol–water partition coefficient (Wildman–Crippen LogP) is 1.75. The van der Waals surface area contributed by atoms with E-state index in [0.29, 0.717) is 0 Å². The van der Waals surface area contributed by atoms with Crippen molar-refractivity contribution in [1.29, 1.82) is 0 Å². The van der Waals surface area contributed by atoms with E-state index < -0.39 is 0 Å². The summed E-state index contributed by atoms with van der Waals surface area (Å²) in [7, 11) is 0. The first-order chi connectivity index (χ1) is 4.34. The highest BCUT2D eigenvalue weighted by Crippen LogP contribution is 2.31. The van der Waals surface area contributed by atoms with Crippen LogP contribution in [0.15, 0.2) is 10.5 Å². The van der Waals surface area contributed by atoms with Crippen molar-refractivity contribution in [2.45, 2.75) is 19.8 Å². The Bertz CT molecular complexity index is 129. The predicted molar refractivity (Wildman–Crippen MR) is 43.4 cm³/mol. The standard InChI is InChI=1S/C7H13NS/c1-6-7(2-4-8)3-5-9-6/h2-5,8H2,1H3. The molecule has 0 spiro atoms. The molecular formula is C7H13NS. The molecule has 0 saturated carbocycles. The lowest BCUT2D eigenvalue weighted by Crippen LogP contribution is -1.99. The summed E-state index contributed by atoms with van der Waals surface area (Å²) in [5.41, 5.74) is 7.01. The fraction of sp³-hybridized carbons (Fsp3) is 0.714. The van der Waals surface area contributed by atoms with Gasteiger partial charge in [-0.1, -0.05) is 5.57 Å². The molecule has 1 heterocycles. The van der Waals surface area contributed by atoms with Gasteiger partial charge in [-0.25, -0.2) is 0 Å². The smallest absolute Gasteiger partial charge is 0.00143 e. The average Bonchev–Trinajstić information content (AvgIpc) is 2.18. The lowest BCUT2D eigenvalue weighted by molar-refractivity contribution is 0.902. The third kappa shape index (κ3) is 1.73. The fourth-order valence-electron chi connectivity index (χ4n) is 1.08. The monoisotopic (exact) mass is 143 g/mol. The van der Waals surface area contributed by atoms with E-state index in [2.05, 4.69) is 6.92 Å². The van der Waals surface area contributed by atoms with Gasteiger partial charge in [-0.2, -0.15) is 0 Å². The number of rotatable bonds is 2. The molecule has 0 saturated heterocycles. The van der Waals surface area contributed by atoms with Gasteiger partial charge in [0, 0.05) is 5.75 Å². The third-order valence-electron chi connectivity index (χ3n) is 1.67. The van der Waals surface area contributed by atoms with Crippen LogP contribution in [0.5, 0.6) is 0 Å². The van der Waals surface area contributed by atoms with Crippen LogP contribution in [-0.4, -0.2) is 12.3 Å². The lowest BCUT2D eigenvalue weighted by atomic mass is 10.1. The summed E-state index contributed by atoms with van der Waals surface area (Å²) in [6, 6.07) is 0. The number of thioether (sulfide) groups is 1. The van der Waals surface area contributed by atoms with Crippen molar-refractivity contribution < 1.29 is 0 Å². The summed E-state index contributed by atoms with van der Waals surface area (Å²) in [6.07, 6.45) is 2.38. The minimum absolute atomic E-state index is 0.813. The summed E-state index contributed by atoms with van der Waals surface area (Å²) in [5, 5.41) is 0. The third-order valence-corrected chi connectivity index (χ3v) is 2.80. The molecule has 0 amide bonds. The Morgan fingerprint density at radius 1 is 1.67 bits per heavy atom.